The maximum absolute atomic E-state index is 8.80. The second-order valence-corrected chi connectivity index (χ2v) is 5.45. The molecule has 3 heterocycles. The summed E-state index contributed by atoms with van der Waals surface area (Å²) in [5.74, 6) is 1.92. The van der Waals surface area contributed by atoms with Gasteiger partial charge in [-0.2, -0.15) is 4.98 Å². The Morgan fingerprint density at radius 3 is 2.91 bits per heavy atom. The van der Waals surface area contributed by atoms with E-state index in [1.807, 2.05) is 12.4 Å². The fourth-order valence-corrected chi connectivity index (χ4v) is 2.77. The van der Waals surface area contributed by atoms with Crippen molar-refractivity contribution in [1.29, 1.82) is 0 Å². The van der Waals surface area contributed by atoms with Gasteiger partial charge in [-0.05, 0) is 36.5 Å². The van der Waals surface area contributed by atoms with Crippen LogP contribution in [0.5, 0.6) is 5.88 Å². The molecule has 1 atom stereocenters. The Kier molecular flexibility index (Phi) is 4.80. The van der Waals surface area contributed by atoms with Crippen molar-refractivity contribution in [3.63, 3.8) is 0 Å². The van der Waals surface area contributed by atoms with Crippen molar-refractivity contribution in [2.24, 2.45) is 5.92 Å². The molecule has 22 heavy (non-hydrogen) atoms. The van der Waals surface area contributed by atoms with E-state index < -0.39 is 0 Å². The lowest BCUT2D eigenvalue weighted by molar-refractivity contribution is 0.196. The van der Waals surface area contributed by atoms with Gasteiger partial charge in [0.15, 0.2) is 5.82 Å². The van der Waals surface area contributed by atoms with E-state index in [0.29, 0.717) is 11.8 Å². The molecule has 0 bridgehead atoms. The lowest BCUT2D eigenvalue weighted by Crippen LogP contribution is -2.21. The van der Waals surface area contributed by atoms with Crippen LogP contribution >= 0.6 is 0 Å². The van der Waals surface area contributed by atoms with E-state index in [2.05, 4.69) is 32.0 Å². The van der Waals surface area contributed by atoms with Gasteiger partial charge in [-0.1, -0.05) is 0 Å². The Morgan fingerprint density at radius 1 is 1.23 bits per heavy atom. The van der Waals surface area contributed by atoms with Crippen molar-refractivity contribution < 1.29 is 9.84 Å². The number of rotatable bonds is 6. The number of nitrogens with zero attached hydrogens (tertiary/aromatic N) is 4. The van der Waals surface area contributed by atoms with Crippen molar-refractivity contribution >= 4 is 5.82 Å². The molecule has 3 rings (SSSR count). The first-order valence-electron chi connectivity index (χ1n) is 7.54. The van der Waals surface area contributed by atoms with E-state index in [9.17, 15) is 0 Å². The van der Waals surface area contributed by atoms with Gasteiger partial charge in [0.05, 0.1) is 19.0 Å². The summed E-state index contributed by atoms with van der Waals surface area (Å²) in [6.45, 7) is 2.17. The highest BCUT2D eigenvalue weighted by molar-refractivity contribution is 5.39. The SMILES string of the molecule is OCCOc1cncc(N2CCC(Cc3ccncc3)C2)n1. The van der Waals surface area contributed by atoms with Crippen LogP contribution in [0.25, 0.3) is 0 Å². The maximum atomic E-state index is 8.80. The maximum Gasteiger partial charge on any atom is 0.234 e. The van der Waals surface area contributed by atoms with E-state index >= 15 is 0 Å². The quantitative estimate of drug-likeness (QED) is 0.867. The number of pyridine rings is 1. The molecule has 116 valence electrons. The van der Waals surface area contributed by atoms with Crippen molar-refractivity contribution in [1.82, 2.24) is 15.0 Å². The highest BCUT2D eigenvalue weighted by Gasteiger charge is 2.24. The molecule has 0 radical (unpaired) electrons. The molecule has 1 aliphatic heterocycles. The van der Waals surface area contributed by atoms with Crippen LogP contribution in [0, 0.1) is 5.92 Å². The molecule has 6 nitrogen and oxygen atoms in total. The Morgan fingerprint density at radius 2 is 2.09 bits per heavy atom. The van der Waals surface area contributed by atoms with E-state index in [1.165, 1.54) is 5.56 Å². The Bertz CT molecular complexity index is 594. The zero-order chi connectivity index (χ0) is 15.2. The molecule has 1 fully saturated rings. The molecule has 2 aromatic rings. The lowest BCUT2D eigenvalue weighted by Gasteiger charge is -2.17. The molecule has 0 amide bonds. The molecule has 6 heteroatoms. The summed E-state index contributed by atoms with van der Waals surface area (Å²) in [5, 5.41) is 8.80. The highest BCUT2D eigenvalue weighted by atomic mass is 16.5. The minimum absolute atomic E-state index is 0.0242. The normalized spacial score (nSPS) is 17.7. The van der Waals surface area contributed by atoms with Gasteiger partial charge < -0.3 is 14.7 Å². The first kappa shape index (κ1) is 14.7. The third-order valence-corrected chi connectivity index (χ3v) is 3.82. The Hall–Kier alpha value is -2.21. The second-order valence-electron chi connectivity index (χ2n) is 5.45. The Balaban J connectivity index is 1.60. The predicted octanol–water partition coefficient (Wildman–Crippen LogP) is 1.31. The summed E-state index contributed by atoms with van der Waals surface area (Å²) in [7, 11) is 0. The number of aliphatic hydroxyl groups excluding tert-OH is 1. The lowest BCUT2D eigenvalue weighted by atomic mass is 10.00. The molecule has 1 saturated heterocycles. The van der Waals surface area contributed by atoms with E-state index in [-0.39, 0.29) is 13.2 Å². The number of ether oxygens (including phenoxy) is 1. The number of hydrogen-bond acceptors (Lipinski definition) is 6. The fraction of sp³-hybridized carbons (Fsp3) is 0.438. The van der Waals surface area contributed by atoms with Crippen molar-refractivity contribution in [3.05, 3.63) is 42.5 Å². The minimum Gasteiger partial charge on any atom is -0.474 e. The molecule has 1 aliphatic rings. The highest BCUT2D eigenvalue weighted by Crippen LogP contribution is 2.25. The summed E-state index contributed by atoms with van der Waals surface area (Å²) in [5.41, 5.74) is 1.33. The first-order valence-corrected chi connectivity index (χ1v) is 7.54. The number of anilines is 1. The van der Waals surface area contributed by atoms with Crippen LogP contribution < -0.4 is 9.64 Å². The van der Waals surface area contributed by atoms with Crippen LogP contribution in [0.4, 0.5) is 5.82 Å². The molecular weight excluding hydrogens is 280 g/mol. The molecule has 0 aromatic carbocycles. The van der Waals surface area contributed by atoms with Crippen molar-refractivity contribution in [2.45, 2.75) is 12.8 Å². The largest absolute Gasteiger partial charge is 0.474 e. The molecule has 2 aromatic heterocycles. The van der Waals surface area contributed by atoms with Gasteiger partial charge in [0.1, 0.15) is 6.61 Å². The molecular formula is C16H20N4O2. The zero-order valence-electron chi connectivity index (χ0n) is 12.4. The molecule has 1 N–H and O–H groups in total. The van der Waals surface area contributed by atoms with Crippen LogP contribution in [0.1, 0.15) is 12.0 Å². The summed E-state index contributed by atoms with van der Waals surface area (Å²) in [6.07, 6.45) is 9.23. The zero-order valence-corrected chi connectivity index (χ0v) is 12.4. The van der Waals surface area contributed by atoms with E-state index in [0.717, 1.165) is 31.7 Å². The summed E-state index contributed by atoms with van der Waals surface area (Å²) in [4.78, 5) is 14.9. The average Bonchev–Trinajstić information content (AvgIpc) is 3.03. The predicted molar refractivity (Wildman–Crippen MR) is 82.9 cm³/mol. The van der Waals surface area contributed by atoms with Crippen LogP contribution in [0.2, 0.25) is 0 Å². The molecule has 0 aliphatic carbocycles. The van der Waals surface area contributed by atoms with Gasteiger partial charge in [-0.25, -0.2) is 0 Å². The van der Waals surface area contributed by atoms with Gasteiger partial charge in [-0.15, -0.1) is 0 Å². The van der Waals surface area contributed by atoms with Crippen LogP contribution in [0.3, 0.4) is 0 Å². The number of aliphatic hydroxyl groups is 1. The third kappa shape index (κ3) is 3.71. The smallest absolute Gasteiger partial charge is 0.234 e. The fourth-order valence-electron chi connectivity index (χ4n) is 2.77. The van der Waals surface area contributed by atoms with Gasteiger partial charge in [0, 0.05) is 25.5 Å². The van der Waals surface area contributed by atoms with Gasteiger partial charge >= 0.3 is 0 Å². The molecule has 0 spiro atoms. The van der Waals surface area contributed by atoms with Crippen molar-refractivity contribution in [3.8, 4) is 5.88 Å². The standard InChI is InChI=1S/C16H20N4O2/c21-7-8-22-16-11-18-10-15(19-16)20-6-3-14(12-20)9-13-1-4-17-5-2-13/h1-2,4-5,10-11,14,21H,3,6-9,12H2. The van der Waals surface area contributed by atoms with Crippen molar-refractivity contribution in [2.75, 3.05) is 31.2 Å². The Labute approximate surface area is 129 Å². The van der Waals surface area contributed by atoms with Crippen LogP contribution in [-0.2, 0) is 6.42 Å². The number of aromatic nitrogens is 3. The topological polar surface area (TPSA) is 71.4 Å². The van der Waals surface area contributed by atoms with Gasteiger partial charge in [-0.3, -0.25) is 9.97 Å². The van der Waals surface area contributed by atoms with Crippen LogP contribution in [-0.4, -0.2) is 46.4 Å². The summed E-state index contributed by atoms with van der Waals surface area (Å²) >= 11 is 0. The summed E-state index contributed by atoms with van der Waals surface area (Å²) in [6, 6.07) is 4.15. The average molecular weight is 300 g/mol. The van der Waals surface area contributed by atoms with E-state index in [1.54, 1.807) is 12.4 Å². The second kappa shape index (κ2) is 7.17. The first-order chi connectivity index (χ1) is 10.8. The molecule has 0 saturated carbocycles. The van der Waals surface area contributed by atoms with Gasteiger partial charge in [0.25, 0.3) is 0 Å². The van der Waals surface area contributed by atoms with Gasteiger partial charge in [0.2, 0.25) is 5.88 Å². The minimum atomic E-state index is -0.0242. The molecule has 1 unspecified atom stereocenters. The van der Waals surface area contributed by atoms with Crippen LogP contribution in [0.15, 0.2) is 36.9 Å². The monoisotopic (exact) mass is 300 g/mol. The number of hydrogen-bond donors (Lipinski definition) is 1. The van der Waals surface area contributed by atoms with E-state index in [4.69, 9.17) is 9.84 Å². The summed E-state index contributed by atoms with van der Waals surface area (Å²) < 4.78 is 5.32. The third-order valence-electron chi connectivity index (χ3n) is 3.82.